The van der Waals surface area contributed by atoms with Crippen LogP contribution in [-0.2, 0) is 0 Å². The van der Waals surface area contributed by atoms with Crippen molar-refractivity contribution >= 4 is 27.8 Å². The lowest BCUT2D eigenvalue weighted by atomic mass is 10.1. The first-order chi connectivity index (χ1) is 9.70. The Labute approximate surface area is 127 Å². The molecule has 0 amide bonds. The van der Waals surface area contributed by atoms with Crippen LogP contribution >= 0.6 is 15.9 Å². The van der Waals surface area contributed by atoms with Crippen LogP contribution in [0.3, 0.4) is 0 Å². The maximum absolute atomic E-state index is 12.1. The van der Waals surface area contributed by atoms with Crippen molar-refractivity contribution in [3.63, 3.8) is 0 Å². The molecule has 0 N–H and O–H groups in total. The maximum Gasteiger partial charge on any atom is 0.200 e. The zero-order valence-corrected chi connectivity index (χ0v) is 12.8. The van der Waals surface area contributed by atoms with Crippen molar-refractivity contribution in [3.8, 4) is 5.75 Å². The molecule has 0 saturated heterocycles. The molecule has 0 aliphatic rings. The molecule has 0 fully saturated rings. The highest BCUT2D eigenvalue weighted by Gasteiger charge is 2.08. The highest BCUT2D eigenvalue weighted by atomic mass is 79.9. The van der Waals surface area contributed by atoms with Crippen molar-refractivity contribution in [2.75, 3.05) is 6.61 Å². The van der Waals surface area contributed by atoms with E-state index in [1.807, 2.05) is 55.5 Å². The second-order valence-electron chi connectivity index (χ2n) is 4.26. The Morgan fingerprint density at radius 3 is 2.75 bits per heavy atom. The molecule has 0 spiro atoms. The number of carbonyl (C=O) groups is 1. The summed E-state index contributed by atoms with van der Waals surface area (Å²) in [6.45, 7) is 1.98. The van der Waals surface area contributed by atoms with Gasteiger partial charge in [-0.25, -0.2) is 0 Å². The molecule has 20 heavy (non-hydrogen) atoms. The Morgan fingerprint density at radius 2 is 2.00 bits per heavy atom. The van der Waals surface area contributed by atoms with Crippen LogP contribution in [0.5, 0.6) is 5.75 Å². The topological polar surface area (TPSA) is 26.3 Å². The van der Waals surface area contributed by atoms with E-state index in [1.54, 1.807) is 12.1 Å². The number of allylic oxidation sites excluding steroid dienone is 1. The molecular weight excluding hydrogens is 316 g/mol. The van der Waals surface area contributed by atoms with E-state index >= 15 is 0 Å². The van der Waals surface area contributed by atoms with Crippen LogP contribution in [0.2, 0.25) is 0 Å². The quantitative estimate of drug-likeness (QED) is 0.740. The van der Waals surface area contributed by atoms with Crippen LogP contribution in [0, 0.1) is 0 Å². The minimum absolute atomic E-state index is 0.0328. The van der Waals surface area contributed by atoms with Gasteiger partial charge in [-0.2, -0.15) is 0 Å². The Balaban J connectivity index is 2.07. The predicted octanol–water partition coefficient (Wildman–Crippen LogP) is 4.74. The van der Waals surface area contributed by atoms with Crippen LogP contribution in [0.4, 0.5) is 0 Å². The standard InChI is InChI=1S/C17H15BrO2/c1-2-6-13-7-3-4-10-17(13)20-12-16(19)14-8-5-9-15(18)11-14/h2-11H,12H2,1H3. The van der Waals surface area contributed by atoms with Crippen LogP contribution < -0.4 is 4.74 Å². The third kappa shape index (κ3) is 3.81. The summed E-state index contributed by atoms with van der Waals surface area (Å²) in [7, 11) is 0. The van der Waals surface area contributed by atoms with Gasteiger partial charge in [0.1, 0.15) is 5.75 Å². The first-order valence-electron chi connectivity index (χ1n) is 6.34. The van der Waals surface area contributed by atoms with Crippen molar-refractivity contribution in [1.29, 1.82) is 0 Å². The van der Waals surface area contributed by atoms with Gasteiger partial charge in [-0.05, 0) is 25.1 Å². The molecule has 3 heteroatoms. The number of benzene rings is 2. The molecule has 2 aromatic rings. The SMILES string of the molecule is CC=Cc1ccccc1OCC(=O)c1cccc(Br)c1. The van der Waals surface area contributed by atoms with Crippen LogP contribution in [-0.4, -0.2) is 12.4 Å². The molecule has 0 heterocycles. The molecule has 0 aromatic heterocycles. The lowest BCUT2D eigenvalue weighted by molar-refractivity contribution is 0.0921. The molecule has 0 bridgehead atoms. The van der Waals surface area contributed by atoms with Gasteiger partial charge in [-0.3, -0.25) is 4.79 Å². The highest BCUT2D eigenvalue weighted by Crippen LogP contribution is 2.20. The summed E-state index contributed by atoms with van der Waals surface area (Å²) in [6, 6.07) is 15.0. The summed E-state index contributed by atoms with van der Waals surface area (Å²) in [5, 5.41) is 0. The van der Waals surface area contributed by atoms with Gasteiger partial charge in [-0.15, -0.1) is 0 Å². The number of hydrogen-bond acceptors (Lipinski definition) is 2. The summed E-state index contributed by atoms with van der Waals surface area (Å²) < 4.78 is 6.52. The fourth-order valence-corrected chi connectivity index (χ4v) is 2.22. The zero-order valence-electron chi connectivity index (χ0n) is 11.2. The highest BCUT2D eigenvalue weighted by molar-refractivity contribution is 9.10. The minimum atomic E-state index is -0.0402. The predicted molar refractivity (Wildman–Crippen MR) is 85.1 cm³/mol. The summed E-state index contributed by atoms with van der Waals surface area (Å²) in [5.74, 6) is 0.676. The van der Waals surface area contributed by atoms with Crippen LogP contribution in [0.15, 0.2) is 59.1 Å². The summed E-state index contributed by atoms with van der Waals surface area (Å²) in [5.41, 5.74) is 1.61. The van der Waals surface area contributed by atoms with E-state index in [2.05, 4.69) is 15.9 Å². The van der Waals surface area contributed by atoms with E-state index in [0.717, 1.165) is 10.0 Å². The molecule has 2 rings (SSSR count). The van der Waals surface area contributed by atoms with Gasteiger partial charge in [0.2, 0.25) is 0 Å². The van der Waals surface area contributed by atoms with E-state index in [0.29, 0.717) is 11.3 Å². The minimum Gasteiger partial charge on any atom is -0.485 e. The van der Waals surface area contributed by atoms with E-state index in [4.69, 9.17) is 4.74 Å². The molecule has 0 aliphatic heterocycles. The molecule has 0 atom stereocenters. The fourth-order valence-electron chi connectivity index (χ4n) is 1.82. The molecule has 102 valence electrons. The Hall–Kier alpha value is -1.87. The van der Waals surface area contributed by atoms with E-state index in [-0.39, 0.29) is 12.4 Å². The van der Waals surface area contributed by atoms with Gasteiger partial charge in [0.25, 0.3) is 0 Å². The van der Waals surface area contributed by atoms with Gasteiger partial charge in [0.15, 0.2) is 12.4 Å². The number of rotatable bonds is 5. The molecule has 0 unspecified atom stereocenters. The Kier molecular flexibility index (Phi) is 5.13. The van der Waals surface area contributed by atoms with Crippen LogP contribution in [0.25, 0.3) is 6.08 Å². The molecule has 2 nitrogen and oxygen atoms in total. The van der Waals surface area contributed by atoms with Crippen molar-refractivity contribution in [3.05, 3.63) is 70.2 Å². The van der Waals surface area contributed by atoms with E-state index in [9.17, 15) is 4.79 Å². The summed E-state index contributed by atoms with van der Waals surface area (Å²) in [6.07, 6.45) is 3.90. The molecule has 0 aliphatic carbocycles. The first kappa shape index (κ1) is 14.5. The third-order valence-corrected chi connectivity index (χ3v) is 3.26. The number of halogens is 1. The Bertz CT molecular complexity index is 632. The second-order valence-corrected chi connectivity index (χ2v) is 5.18. The number of ether oxygens (including phenoxy) is 1. The normalized spacial score (nSPS) is 10.7. The third-order valence-electron chi connectivity index (χ3n) is 2.77. The van der Waals surface area contributed by atoms with Crippen LogP contribution in [0.1, 0.15) is 22.8 Å². The molecular formula is C17H15BrO2. The van der Waals surface area contributed by atoms with E-state index in [1.165, 1.54) is 0 Å². The summed E-state index contributed by atoms with van der Waals surface area (Å²) in [4.78, 5) is 12.1. The number of para-hydroxylation sites is 1. The van der Waals surface area contributed by atoms with E-state index < -0.39 is 0 Å². The second kappa shape index (κ2) is 7.06. The maximum atomic E-state index is 12.1. The van der Waals surface area contributed by atoms with Gasteiger partial charge in [-0.1, -0.05) is 58.4 Å². The molecule has 0 saturated carbocycles. The number of ketones is 1. The number of Topliss-reactive ketones (excluding diaryl/α,β-unsaturated/α-hetero) is 1. The van der Waals surface area contributed by atoms with Gasteiger partial charge < -0.3 is 4.74 Å². The molecule has 2 aromatic carbocycles. The number of hydrogen-bond donors (Lipinski definition) is 0. The monoisotopic (exact) mass is 330 g/mol. The lowest BCUT2D eigenvalue weighted by Gasteiger charge is -2.08. The average molecular weight is 331 g/mol. The van der Waals surface area contributed by atoms with Crippen molar-refractivity contribution in [2.24, 2.45) is 0 Å². The lowest BCUT2D eigenvalue weighted by Crippen LogP contribution is -2.12. The fraction of sp³-hybridized carbons (Fsp3) is 0.118. The van der Waals surface area contributed by atoms with Gasteiger partial charge >= 0.3 is 0 Å². The van der Waals surface area contributed by atoms with Crippen molar-refractivity contribution in [2.45, 2.75) is 6.92 Å². The first-order valence-corrected chi connectivity index (χ1v) is 7.13. The zero-order chi connectivity index (χ0) is 14.4. The van der Waals surface area contributed by atoms with Gasteiger partial charge in [0.05, 0.1) is 0 Å². The van der Waals surface area contributed by atoms with Crippen molar-refractivity contribution in [1.82, 2.24) is 0 Å². The summed E-state index contributed by atoms with van der Waals surface area (Å²) >= 11 is 3.36. The average Bonchev–Trinajstić information content (AvgIpc) is 2.46. The van der Waals surface area contributed by atoms with Gasteiger partial charge in [0, 0.05) is 15.6 Å². The molecule has 0 radical (unpaired) electrons. The van der Waals surface area contributed by atoms with Crippen molar-refractivity contribution < 1.29 is 9.53 Å². The smallest absolute Gasteiger partial charge is 0.200 e. The largest absolute Gasteiger partial charge is 0.485 e. The Morgan fingerprint density at radius 1 is 1.20 bits per heavy atom. The number of carbonyl (C=O) groups excluding carboxylic acids is 1.